The molecule has 2 unspecified atom stereocenters. The average molecular weight is 610 g/mol. The second kappa shape index (κ2) is 10.1. The van der Waals surface area contributed by atoms with Crippen molar-refractivity contribution in [1.82, 2.24) is 20.2 Å². The number of ether oxygens (including phenoxy) is 1. The second-order valence-corrected chi connectivity index (χ2v) is 12.9. The Morgan fingerprint density at radius 2 is 1.86 bits per heavy atom. The predicted molar refractivity (Wildman–Crippen MR) is 160 cm³/mol. The number of phenolic OH excluding ortho intramolecular Hbond substituents is 1. The van der Waals surface area contributed by atoms with Gasteiger partial charge < -0.3 is 20.1 Å². The summed E-state index contributed by atoms with van der Waals surface area (Å²) in [5.74, 6) is -1.09. The van der Waals surface area contributed by atoms with Gasteiger partial charge in [0.2, 0.25) is 5.88 Å². The van der Waals surface area contributed by atoms with E-state index in [1.54, 1.807) is 0 Å². The summed E-state index contributed by atoms with van der Waals surface area (Å²) in [6.45, 7) is 3.10. The molecule has 2 N–H and O–H groups in total. The molecule has 0 spiro atoms. The molecule has 0 aliphatic carbocycles. The smallest absolute Gasteiger partial charge is 0.217 e. The Kier molecular flexibility index (Phi) is 6.40. The number of benzene rings is 2. The van der Waals surface area contributed by atoms with Crippen LogP contribution in [0.3, 0.4) is 0 Å². The highest BCUT2D eigenvalue weighted by molar-refractivity contribution is 6.37. The number of anilines is 1. The fourth-order valence-electron chi connectivity index (χ4n) is 7.83. The van der Waals surface area contributed by atoms with Gasteiger partial charge in [0.1, 0.15) is 35.9 Å². The first-order valence-corrected chi connectivity index (χ1v) is 15.3. The number of nitrogens with zero attached hydrogens (tertiary/aromatic N) is 4. The Labute approximate surface area is 251 Å². The lowest BCUT2D eigenvalue weighted by Crippen LogP contribution is -2.51. The molecule has 11 heteroatoms. The number of aromatic nitrogens is 2. The van der Waals surface area contributed by atoms with Crippen LogP contribution in [0.5, 0.6) is 11.6 Å². The summed E-state index contributed by atoms with van der Waals surface area (Å²) >= 11 is 6.36. The van der Waals surface area contributed by atoms with Crippen LogP contribution in [0.1, 0.15) is 32.1 Å². The van der Waals surface area contributed by atoms with E-state index >= 15 is 4.39 Å². The summed E-state index contributed by atoms with van der Waals surface area (Å²) in [6.07, 6.45) is 3.58. The van der Waals surface area contributed by atoms with Gasteiger partial charge in [-0.05, 0) is 61.9 Å². The minimum Gasteiger partial charge on any atom is -0.508 e. The molecule has 4 aliphatic rings. The van der Waals surface area contributed by atoms with Gasteiger partial charge in [-0.2, -0.15) is 4.98 Å². The van der Waals surface area contributed by atoms with E-state index in [-0.39, 0.29) is 38.6 Å². The van der Waals surface area contributed by atoms with Crippen LogP contribution >= 0.6 is 11.6 Å². The number of nitrogens with one attached hydrogen (secondary N) is 1. The highest BCUT2D eigenvalue weighted by Gasteiger charge is 2.49. The van der Waals surface area contributed by atoms with Crippen LogP contribution in [-0.4, -0.2) is 76.6 Å². The van der Waals surface area contributed by atoms with Gasteiger partial charge in [0.25, 0.3) is 0 Å². The number of pyridine rings is 2. The summed E-state index contributed by atoms with van der Waals surface area (Å²) in [7, 11) is 0. The Morgan fingerprint density at radius 3 is 2.67 bits per heavy atom. The number of phenols is 1. The first kappa shape index (κ1) is 27.2. The van der Waals surface area contributed by atoms with Gasteiger partial charge in [-0.1, -0.05) is 17.7 Å². The number of rotatable bonds is 5. The van der Waals surface area contributed by atoms with E-state index in [1.165, 1.54) is 30.3 Å². The molecule has 2 aromatic heterocycles. The molecule has 4 aliphatic heterocycles. The van der Waals surface area contributed by atoms with Gasteiger partial charge in [-0.15, -0.1) is 0 Å². The molecule has 4 aromatic rings. The number of fused-ring (bicyclic) bond motifs is 5. The Balaban J connectivity index is 1.26. The number of hydrogen-bond donors (Lipinski definition) is 2. The summed E-state index contributed by atoms with van der Waals surface area (Å²) in [6, 6.07) is 9.39. The quantitative estimate of drug-likeness (QED) is 0.288. The molecule has 2 bridgehead atoms. The normalized spacial score (nSPS) is 27.0. The van der Waals surface area contributed by atoms with Crippen molar-refractivity contribution in [3.05, 3.63) is 53.1 Å². The Hall–Kier alpha value is -3.34. The number of aromatic hydroxyl groups is 1. The van der Waals surface area contributed by atoms with E-state index in [9.17, 15) is 13.9 Å². The van der Waals surface area contributed by atoms with Crippen molar-refractivity contribution in [2.75, 3.05) is 37.7 Å². The molecular weight excluding hydrogens is 579 g/mol. The molecule has 4 atom stereocenters. The maximum atomic E-state index is 16.0. The van der Waals surface area contributed by atoms with Gasteiger partial charge in [0, 0.05) is 60.5 Å². The van der Waals surface area contributed by atoms with E-state index in [4.69, 9.17) is 21.3 Å². The van der Waals surface area contributed by atoms with Gasteiger partial charge in [0.05, 0.1) is 16.2 Å². The molecule has 43 heavy (non-hydrogen) atoms. The monoisotopic (exact) mass is 609 g/mol. The average Bonchev–Trinajstić information content (AvgIpc) is 3.63. The largest absolute Gasteiger partial charge is 0.508 e. The number of alkyl halides is 1. The van der Waals surface area contributed by atoms with E-state index in [2.05, 4.69) is 20.1 Å². The van der Waals surface area contributed by atoms with Crippen molar-refractivity contribution >= 4 is 39.1 Å². The molecule has 0 saturated carbocycles. The first-order chi connectivity index (χ1) is 20.8. The molecule has 0 radical (unpaired) electrons. The van der Waals surface area contributed by atoms with Crippen molar-refractivity contribution < 1.29 is 23.0 Å². The van der Waals surface area contributed by atoms with Crippen LogP contribution in [0.2, 0.25) is 5.02 Å². The second-order valence-electron chi connectivity index (χ2n) is 12.5. The van der Waals surface area contributed by atoms with Gasteiger partial charge in [-0.3, -0.25) is 4.90 Å². The molecule has 8 rings (SSSR count). The van der Waals surface area contributed by atoms with Crippen LogP contribution < -0.4 is 15.0 Å². The fourth-order valence-corrected chi connectivity index (χ4v) is 8.10. The van der Waals surface area contributed by atoms with Gasteiger partial charge >= 0.3 is 0 Å². The SMILES string of the molecule is Oc1cc(-c2nc3nc(OC[C@@]45CCCN4C[C@H](F)C5)cc(N4CC5CCC(C4)N5)c3cc2F)c2c(Cl)c(F)ccc2c1. The third kappa shape index (κ3) is 4.57. The Bertz CT molecular complexity index is 1760. The van der Waals surface area contributed by atoms with Crippen molar-refractivity contribution in [2.24, 2.45) is 0 Å². The third-order valence-electron chi connectivity index (χ3n) is 9.76. The molecular formula is C32H31ClF3N5O2. The minimum atomic E-state index is -0.874. The highest BCUT2D eigenvalue weighted by Crippen LogP contribution is 2.43. The zero-order valence-corrected chi connectivity index (χ0v) is 24.2. The standard InChI is InChI=1S/C32H31ClF3N5O2/c33-29-24(35)5-2-17-8-21(42)9-23(28(17)29)30-25(36)10-22-26(40-14-19-3-4-20(15-40)37-19)11-27(38-31(22)39-30)43-16-32-6-1-7-41(32)13-18(34)12-32/h2,5,8-11,18-20,37,42H,1,3-4,6-7,12-16H2/t18-,19?,20?,32+/m1/s1. The molecule has 2 aromatic carbocycles. The lowest BCUT2D eigenvalue weighted by Gasteiger charge is -2.35. The lowest BCUT2D eigenvalue weighted by molar-refractivity contribution is 0.111. The Morgan fingerprint density at radius 1 is 1.05 bits per heavy atom. The lowest BCUT2D eigenvalue weighted by atomic mass is 9.95. The predicted octanol–water partition coefficient (Wildman–Crippen LogP) is 5.98. The number of piperazine rings is 1. The van der Waals surface area contributed by atoms with Crippen LogP contribution in [0.25, 0.3) is 33.1 Å². The maximum Gasteiger partial charge on any atom is 0.217 e. The van der Waals surface area contributed by atoms with Crippen molar-refractivity contribution in [3.63, 3.8) is 0 Å². The molecule has 6 heterocycles. The first-order valence-electron chi connectivity index (χ1n) is 14.9. The van der Waals surface area contributed by atoms with Crippen molar-refractivity contribution in [2.45, 2.75) is 55.9 Å². The van der Waals surface area contributed by atoms with Crippen LogP contribution in [-0.2, 0) is 0 Å². The number of hydrogen-bond acceptors (Lipinski definition) is 7. The summed E-state index contributed by atoms with van der Waals surface area (Å²) in [5.41, 5.74) is 0.737. The zero-order valence-electron chi connectivity index (χ0n) is 23.4. The maximum absolute atomic E-state index is 16.0. The third-order valence-corrected chi connectivity index (χ3v) is 10.1. The number of halogens is 4. The minimum absolute atomic E-state index is 0.103. The molecule has 0 amide bonds. The van der Waals surface area contributed by atoms with E-state index in [0.717, 1.165) is 51.0 Å². The van der Waals surface area contributed by atoms with Gasteiger partial charge in [-0.25, -0.2) is 18.2 Å². The molecule has 4 fully saturated rings. The van der Waals surface area contributed by atoms with Gasteiger partial charge in [0.15, 0.2) is 5.65 Å². The van der Waals surface area contributed by atoms with E-state index < -0.39 is 17.8 Å². The molecule has 224 valence electrons. The zero-order chi connectivity index (χ0) is 29.5. The topological polar surface area (TPSA) is 73.8 Å². The summed E-state index contributed by atoms with van der Waals surface area (Å²) in [4.78, 5) is 13.8. The molecule has 4 saturated heterocycles. The van der Waals surface area contributed by atoms with Crippen LogP contribution in [0.4, 0.5) is 18.9 Å². The van der Waals surface area contributed by atoms with E-state index in [0.29, 0.717) is 48.3 Å². The highest BCUT2D eigenvalue weighted by atomic mass is 35.5. The molecule has 7 nitrogen and oxygen atoms in total. The fraction of sp³-hybridized carbons (Fsp3) is 0.438. The van der Waals surface area contributed by atoms with Crippen molar-refractivity contribution in [3.8, 4) is 22.9 Å². The van der Waals surface area contributed by atoms with Crippen LogP contribution in [0.15, 0.2) is 36.4 Å². The summed E-state index contributed by atoms with van der Waals surface area (Å²) in [5, 5.41) is 15.1. The van der Waals surface area contributed by atoms with Crippen LogP contribution in [0, 0.1) is 11.6 Å². The van der Waals surface area contributed by atoms with Crippen molar-refractivity contribution in [1.29, 1.82) is 0 Å². The summed E-state index contributed by atoms with van der Waals surface area (Å²) < 4.78 is 51.3. The van der Waals surface area contributed by atoms with E-state index in [1.807, 2.05) is 6.07 Å².